The summed E-state index contributed by atoms with van der Waals surface area (Å²) in [6.45, 7) is 6.58. The van der Waals surface area contributed by atoms with Crippen LogP contribution in [0.5, 0.6) is 0 Å². The first-order valence-corrected chi connectivity index (χ1v) is 12.3. The number of likely N-dealkylation sites (N-methyl/N-ethyl adjacent to an activating group) is 1. The lowest BCUT2D eigenvalue weighted by atomic mass is 10.2. The average molecular weight is 549 g/mol. The summed E-state index contributed by atoms with van der Waals surface area (Å²) < 4.78 is 2.96. The van der Waals surface area contributed by atoms with Crippen LogP contribution in [-0.2, 0) is 4.79 Å². The number of benzene rings is 2. The summed E-state index contributed by atoms with van der Waals surface area (Å²) in [5.74, 6) is -0.0456. The molecule has 2 aromatic carbocycles. The predicted octanol–water partition coefficient (Wildman–Crippen LogP) is 7.79. The van der Waals surface area contributed by atoms with E-state index in [-0.39, 0.29) is 5.91 Å². The van der Waals surface area contributed by atoms with Crippen LogP contribution in [0.1, 0.15) is 23.9 Å². The largest absolute Gasteiger partial charge is 0.318 e. The zero-order valence-electron chi connectivity index (χ0n) is 17.7. The second-order valence-electron chi connectivity index (χ2n) is 7.29. The highest BCUT2D eigenvalue weighted by Crippen LogP contribution is 2.36. The SMILES string of the molecule is CCN1C(=O)/C(=C\c2cc(C)n(-c3ccc(Cl)cc3)c2C)SC1=Nc1ccc(Br)c(Cl)c1. The molecule has 4 rings (SSSR count). The number of carbonyl (C=O) groups excluding carboxylic acids is 1. The zero-order valence-corrected chi connectivity index (χ0v) is 21.6. The van der Waals surface area contributed by atoms with Gasteiger partial charge in [-0.1, -0.05) is 23.2 Å². The third-order valence-corrected chi connectivity index (χ3v) is 7.67. The molecule has 164 valence electrons. The van der Waals surface area contributed by atoms with E-state index in [2.05, 4.69) is 45.4 Å². The van der Waals surface area contributed by atoms with Gasteiger partial charge in [0.1, 0.15) is 0 Å². The van der Waals surface area contributed by atoms with Crippen LogP contribution < -0.4 is 0 Å². The quantitative estimate of drug-likeness (QED) is 0.312. The molecule has 1 aliphatic rings. The Hall–Kier alpha value is -1.99. The molecular weight excluding hydrogens is 529 g/mol. The minimum Gasteiger partial charge on any atom is -0.318 e. The third-order valence-electron chi connectivity index (χ3n) is 5.17. The van der Waals surface area contributed by atoms with Gasteiger partial charge in [-0.05, 0) is 109 Å². The molecule has 0 bridgehead atoms. The van der Waals surface area contributed by atoms with Crippen molar-refractivity contribution in [3.63, 3.8) is 0 Å². The molecule has 0 radical (unpaired) electrons. The van der Waals surface area contributed by atoms with Gasteiger partial charge in [-0.25, -0.2) is 4.99 Å². The maximum absolute atomic E-state index is 13.1. The van der Waals surface area contributed by atoms with Gasteiger partial charge < -0.3 is 4.57 Å². The molecule has 1 amide bonds. The van der Waals surface area contributed by atoms with Gasteiger partial charge in [-0.2, -0.15) is 0 Å². The van der Waals surface area contributed by atoms with E-state index in [1.165, 1.54) is 11.8 Å². The summed E-state index contributed by atoms with van der Waals surface area (Å²) in [6, 6.07) is 15.3. The average Bonchev–Trinajstić information content (AvgIpc) is 3.20. The molecule has 0 unspecified atom stereocenters. The Morgan fingerprint density at radius 2 is 1.81 bits per heavy atom. The first kappa shape index (κ1) is 23.2. The molecule has 3 aromatic rings. The number of rotatable bonds is 4. The van der Waals surface area contributed by atoms with Gasteiger partial charge in [0, 0.05) is 33.1 Å². The molecule has 1 saturated heterocycles. The standard InChI is InChI=1S/C24H20BrCl2N3OS/c1-4-29-23(31)22(32-24(29)28-18-7-10-20(25)21(27)13-18)12-16-11-14(2)30(15(16)3)19-8-5-17(26)6-9-19/h5-13H,4H2,1-3H3/b22-12+,28-24?. The molecule has 0 aliphatic carbocycles. The van der Waals surface area contributed by atoms with Crippen molar-refractivity contribution >= 4 is 73.7 Å². The lowest BCUT2D eigenvalue weighted by Gasteiger charge is -2.12. The highest BCUT2D eigenvalue weighted by atomic mass is 79.9. The van der Waals surface area contributed by atoms with Crippen LogP contribution in [0.4, 0.5) is 5.69 Å². The summed E-state index contributed by atoms with van der Waals surface area (Å²) in [7, 11) is 0. The van der Waals surface area contributed by atoms with Crippen molar-refractivity contribution in [2.24, 2.45) is 4.99 Å². The van der Waals surface area contributed by atoms with Crippen molar-refractivity contribution in [3.8, 4) is 5.69 Å². The number of aryl methyl sites for hydroxylation is 1. The van der Waals surface area contributed by atoms with Crippen molar-refractivity contribution in [3.05, 3.63) is 84.9 Å². The highest BCUT2D eigenvalue weighted by molar-refractivity contribution is 9.10. The molecule has 1 aromatic heterocycles. The number of nitrogens with zero attached hydrogens (tertiary/aromatic N) is 3. The molecule has 0 atom stereocenters. The number of thioether (sulfide) groups is 1. The Kier molecular flexibility index (Phi) is 6.86. The third kappa shape index (κ3) is 4.55. The normalized spacial score (nSPS) is 16.6. The molecule has 8 heteroatoms. The highest BCUT2D eigenvalue weighted by Gasteiger charge is 2.32. The minimum absolute atomic E-state index is 0.0456. The van der Waals surface area contributed by atoms with E-state index < -0.39 is 0 Å². The second-order valence-corrected chi connectivity index (χ2v) is 10.00. The Bertz CT molecular complexity index is 1260. The number of amidine groups is 1. The van der Waals surface area contributed by atoms with Crippen molar-refractivity contribution in [2.45, 2.75) is 20.8 Å². The molecule has 1 aliphatic heterocycles. The maximum atomic E-state index is 13.1. The fourth-order valence-corrected chi connectivity index (χ4v) is 5.20. The van der Waals surface area contributed by atoms with E-state index in [0.717, 1.165) is 27.1 Å². The molecular formula is C24H20BrCl2N3OS. The molecule has 32 heavy (non-hydrogen) atoms. The van der Waals surface area contributed by atoms with Gasteiger partial charge in [-0.15, -0.1) is 0 Å². The lowest BCUT2D eigenvalue weighted by Crippen LogP contribution is -2.28. The summed E-state index contributed by atoms with van der Waals surface area (Å²) >= 11 is 17.0. The van der Waals surface area contributed by atoms with Crippen molar-refractivity contribution in [2.75, 3.05) is 6.54 Å². The van der Waals surface area contributed by atoms with E-state index in [9.17, 15) is 4.79 Å². The van der Waals surface area contributed by atoms with Crippen LogP contribution in [0.25, 0.3) is 11.8 Å². The molecule has 0 N–H and O–H groups in total. The zero-order chi connectivity index (χ0) is 23.0. The summed E-state index contributed by atoms with van der Waals surface area (Å²) in [5, 5.41) is 1.92. The molecule has 2 heterocycles. The summed E-state index contributed by atoms with van der Waals surface area (Å²) in [5.41, 5.74) is 4.87. The fraction of sp³-hybridized carbons (Fsp3) is 0.167. The van der Waals surface area contributed by atoms with Crippen LogP contribution in [0, 0.1) is 13.8 Å². The Morgan fingerprint density at radius 3 is 2.47 bits per heavy atom. The van der Waals surface area contributed by atoms with Crippen LogP contribution in [0.3, 0.4) is 0 Å². The van der Waals surface area contributed by atoms with E-state index in [0.29, 0.717) is 32.4 Å². The Labute approximate surface area is 210 Å². The maximum Gasteiger partial charge on any atom is 0.266 e. The summed E-state index contributed by atoms with van der Waals surface area (Å²) in [4.78, 5) is 20.1. The van der Waals surface area contributed by atoms with Gasteiger partial charge in [-0.3, -0.25) is 9.69 Å². The molecule has 4 nitrogen and oxygen atoms in total. The number of aliphatic imine (C=N–C) groups is 1. The van der Waals surface area contributed by atoms with Crippen LogP contribution >= 0.6 is 50.9 Å². The number of aromatic nitrogens is 1. The fourth-order valence-electron chi connectivity index (χ4n) is 3.60. The van der Waals surface area contributed by atoms with E-state index in [4.69, 9.17) is 23.2 Å². The van der Waals surface area contributed by atoms with Crippen molar-refractivity contribution in [1.82, 2.24) is 9.47 Å². The second kappa shape index (κ2) is 9.48. The number of hydrogen-bond acceptors (Lipinski definition) is 3. The van der Waals surface area contributed by atoms with Crippen molar-refractivity contribution < 1.29 is 4.79 Å². The van der Waals surface area contributed by atoms with E-state index in [1.54, 1.807) is 11.0 Å². The van der Waals surface area contributed by atoms with Crippen LogP contribution in [-0.4, -0.2) is 27.1 Å². The summed E-state index contributed by atoms with van der Waals surface area (Å²) in [6.07, 6.45) is 1.95. The van der Waals surface area contributed by atoms with Gasteiger partial charge in [0.15, 0.2) is 5.17 Å². The van der Waals surface area contributed by atoms with Gasteiger partial charge in [0.2, 0.25) is 0 Å². The molecule has 1 fully saturated rings. The minimum atomic E-state index is -0.0456. The van der Waals surface area contributed by atoms with E-state index in [1.807, 2.05) is 49.4 Å². The Morgan fingerprint density at radius 1 is 1.09 bits per heavy atom. The Balaban J connectivity index is 1.69. The smallest absolute Gasteiger partial charge is 0.266 e. The number of hydrogen-bond donors (Lipinski definition) is 0. The molecule has 0 saturated carbocycles. The van der Waals surface area contributed by atoms with E-state index >= 15 is 0 Å². The van der Waals surface area contributed by atoms with Crippen LogP contribution in [0.2, 0.25) is 10.0 Å². The monoisotopic (exact) mass is 547 g/mol. The molecule has 0 spiro atoms. The first-order chi connectivity index (χ1) is 15.3. The topological polar surface area (TPSA) is 37.6 Å². The van der Waals surface area contributed by atoms with Gasteiger partial charge in [0.05, 0.1) is 15.6 Å². The lowest BCUT2D eigenvalue weighted by molar-refractivity contribution is -0.122. The first-order valence-electron chi connectivity index (χ1n) is 9.98. The van der Waals surface area contributed by atoms with Crippen molar-refractivity contribution in [1.29, 1.82) is 0 Å². The number of halogens is 3. The van der Waals surface area contributed by atoms with Crippen LogP contribution in [0.15, 0.2) is 62.9 Å². The van der Waals surface area contributed by atoms with Gasteiger partial charge in [0.25, 0.3) is 5.91 Å². The predicted molar refractivity (Wildman–Crippen MR) is 139 cm³/mol. The number of carbonyl (C=O) groups is 1. The number of amides is 1. The van der Waals surface area contributed by atoms with Gasteiger partial charge >= 0.3 is 0 Å².